The number of benzene rings is 1. The molecule has 0 aliphatic carbocycles. The fourth-order valence-corrected chi connectivity index (χ4v) is 1.82. The highest BCUT2D eigenvalue weighted by atomic mass is 35.5. The van der Waals surface area contributed by atoms with E-state index in [1.807, 2.05) is 19.1 Å². The Hall–Kier alpha value is -1.85. The van der Waals surface area contributed by atoms with E-state index in [1.165, 1.54) is 6.92 Å². The van der Waals surface area contributed by atoms with Gasteiger partial charge in [0.05, 0.1) is 5.69 Å². The summed E-state index contributed by atoms with van der Waals surface area (Å²) in [7, 11) is 0. The van der Waals surface area contributed by atoms with Gasteiger partial charge < -0.3 is 10.4 Å². The number of carbonyl (C=O) groups is 1. The number of aliphatic hydroxyl groups excluding tert-OH is 1. The van der Waals surface area contributed by atoms with E-state index in [0.717, 1.165) is 11.4 Å². The minimum absolute atomic E-state index is 0.392. The van der Waals surface area contributed by atoms with Crippen LogP contribution in [0.5, 0.6) is 0 Å². The maximum absolute atomic E-state index is 11.4. The van der Waals surface area contributed by atoms with Crippen molar-refractivity contribution in [2.24, 2.45) is 0 Å². The molecular formula is C13H14ClN3O2. The van der Waals surface area contributed by atoms with Crippen LogP contribution in [0.3, 0.4) is 0 Å². The smallest absolute Gasteiger partial charge is 0.254 e. The zero-order valence-electron chi connectivity index (χ0n) is 10.6. The molecule has 1 unspecified atom stereocenters. The number of nitrogens with zero attached hydrogens (tertiary/aromatic N) is 2. The van der Waals surface area contributed by atoms with Gasteiger partial charge in [-0.2, -0.15) is 0 Å². The summed E-state index contributed by atoms with van der Waals surface area (Å²) in [6, 6.07) is 8.97. The molecule has 0 saturated heterocycles. The summed E-state index contributed by atoms with van der Waals surface area (Å²) < 4.78 is 1.67. The van der Waals surface area contributed by atoms with Crippen molar-refractivity contribution < 1.29 is 9.90 Å². The number of carbonyl (C=O) groups excluding carboxylic acids is 1. The van der Waals surface area contributed by atoms with Gasteiger partial charge in [-0.1, -0.05) is 17.7 Å². The van der Waals surface area contributed by atoms with Gasteiger partial charge in [0.2, 0.25) is 0 Å². The van der Waals surface area contributed by atoms with Crippen LogP contribution in [-0.4, -0.2) is 26.9 Å². The van der Waals surface area contributed by atoms with Gasteiger partial charge in [-0.05, 0) is 32.0 Å². The Morgan fingerprint density at radius 3 is 2.84 bits per heavy atom. The SMILES string of the molecule is Cc1cc(NC(=O)C(C)O)nn1-c1cccc(Cl)c1. The van der Waals surface area contributed by atoms with Crippen molar-refractivity contribution >= 4 is 23.3 Å². The first-order valence-electron chi connectivity index (χ1n) is 5.79. The summed E-state index contributed by atoms with van der Waals surface area (Å²) in [5, 5.41) is 16.6. The molecule has 1 heterocycles. The average Bonchev–Trinajstić information content (AvgIpc) is 2.70. The molecule has 100 valence electrons. The molecule has 0 aliphatic rings. The number of nitrogens with one attached hydrogen (secondary N) is 1. The van der Waals surface area contributed by atoms with Crippen molar-refractivity contribution in [3.05, 3.63) is 41.0 Å². The Labute approximate surface area is 115 Å². The first-order chi connectivity index (χ1) is 8.97. The molecule has 1 atom stereocenters. The van der Waals surface area contributed by atoms with Gasteiger partial charge in [-0.3, -0.25) is 4.79 Å². The number of halogens is 1. The van der Waals surface area contributed by atoms with Gasteiger partial charge in [0, 0.05) is 16.8 Å². The van der Waals surface area contributed by atoms with E-state index < -0.39 is 12.0 Å². The molecule has 5 nitrogen and oxygen atoms in total. The van der Waals surface area contributed by atoms with E-state index in [9.17, 15) is 4.79 Å². The lowest BCUT2D eigenvalue weighted by atomic mass is 10.3. The van der Waals surface area contributed by atoms with Crippen LogP contribution in [0.15, 0.2) is 30.3 Å². The lowest BCUT2D eigenvalue weighted by Crippen LogP contribution is -2.24. The van der Waals surface area contributed by atoms with Crippen molar-refractivity contribution in [3.8, 4) is 5.69 Å². The average molecular weight is 280 g/mol. The van der Waals surface area contributed by atoms with Gasteiger partial charge in [0.25, 0.3) is 5.91 Å². The monoisotopic (exact) mass is 279 g/mol. The minimum atomic E-state index is -1.07. The van der Waals surface area contributed by atoms with Crippen molar-refractivity contribution in [1.82, 2.24) is 9.78 Å². The maximum atomic E-state index is 11.4. The van der Waals surface area contributed by atoms with E-state index in [-0.39, 0.29) is 0 Å². The number of aryl methyl sites for hydroxylation is 1. The van der Waals surface area contributed by atoms with Crippen molar-refractivity contribution in [2.45, 2.75) is 20.0 Å². The van der Waals surface area contributed by atoms with Crippen LogP contribution in [0.25, 0.3) is 5.69 Å². The molecule has 0 saturated carbocycles. The summed E-state index contributed by atoms with van der Waals surface area (Å²) in [6.07, 6.45) is -1.07. The van der Waals surface area contributed by atoms with Crippen LogP contribution >= 0.6 is 11.6 Å². The normalized spacial score (nSPS) is 12.2. The van der Waals surface area contributed by atoms with Gasteiger partial charge in [-0.15, -0.1) is 5.10 Å². The fraction of sp³-hybridized carbons (Fsp3) is 0.231. The number of aliphatic hydroxyl groups is 1. The number of aromatic nitrogens is 2. The summed E-state index contributed by atoms with van der Waals surface area (Å²) >= 11 is 5.94. The van der Waals surface area contributed by atoms with Gasteiger partial charge in [0.15, 0.2) is 5.82 Å². The number of hydrogen-bond acceptors (Lipinski definition) is 3. The maximum Gasteiger partial charge on any atom is 0.254 e. The van der Waals surface area contributed by atoms with E-state index >= 15 is 0 Å². The van der Waals surface area contributed by atoms with E-state index in [1.54, 1.807) is 22.9 Å². The summed E-state index contributed by atoms with van der Waals surface area (Å²) in [6.45, 7) is 3.27. The van der Waals surface area contributed by atoms with Crippen LogP contribution in [0.2, 0.25) is 5.02 Å². The highest BCUT2D eigenvalue weighted by molar-refractivity contribution is 6.30. The molecule has 1 amide bonds. The predicted molar refractivity (Wildman–Crippen MR) is 73.6 cm³/mol. The van der Waals surface area contributed by atoms with Crippen molar-refractivity contribution in [3.63, 3.8) is 0 Å². The fourth-order valence-electron chi connectivity index (χ4n) is 1.64. The quantitative estimate of drug-likeness (QED) is 0.905. The molecule has 19 heavy (non-hydrogen) atoms. The van der Waals surface area contributed by atoms with Gasteiger partial charge in [0.1, 0.15) is 6.10 Å². The highest BCUT2D eigenvalue weighted by Gasteiger charge is 2.12. The number of rotatable bonds is 3. The zero-order chi connectivity index (χ0) is 14.0. The molecule has 0 fully saturated rings. The predicted octanol–water partition coefficient (Wildman–Crippen LogP) is 2.15. The molecule has 0 radical (unpaired) electrons. The van der Waals surface area contributed by atoms with Gasteiger partial charge in [-0.25, -0.2) is 4.68 Å². The van der Waals surface area contributed by atoms with Crippen molar-refractivity contribution in [2.75, 3.05) is 5.32 Å². The molecule has 0 bridgehead atoms. The second-order valence-corrected chi connectivity index (χ2v) is 4.66. The third-order valence-corrected chi connectivity index (χ3v) is 2.81. The lowest BCUT2D eigenvalue weighted by Gasteiger charge is -2.05. The lowest BCUT2D eigenvalue weighted by molar-refractivity contribution is -0.123. The van der Waals surface area contributed by atoms with Crippen LogP contribution in [0.4, 0.5) is 5.82 Å². The first kappa shape index (κ1) is 13.6. The largest absolute Gasteiger partial charge is 0.384 e. The third kappa shape index (κ3) is 3.13. The number of amides is 1. The number of anilines is 1. The van der Waals surface area contributed by atoms with Crippen molar-refractivity contribution in [1.29, 1.82) is 0 Å². The standard InChI is InChI=1S/C13H14ClN3O2/c1-8-6-12(15-13(19)9(2)18)16-17(8)11-5-3-4-10(14)7-11/h3-7,9,18H,1-2H3,(H,15,16,19). The summed E-state index contributed by atoms with van der Waals surface area (Å²) in [5.74, 6) is -0.0980. The first-order valence-corrected chi connectivity index (χ1v) is 6.16. The molecule has 0 spiro atoms. The topological polar surface area (TPSA) is 67.2 Å². The third-order valence-electron chi connectivity index (χ3n) is 2.57. The molecule has 6 heteroatoms. The molecule has 2 rings (SSSR count). The number of hydrogen-bond donors (Lipinski definition) is 2. The molecule has 1 aromatic heterocycles. The van der Waals surface area contributed by atoms with E-state index in [4.69, 9.17) is 16.7 Å². The Balaban J connectivity index is 2.29. The van der Waals surface area contributed by atoms with Crippen LogP contribution in [0.1, 0.15) is 12.6 Å². The molecule has 2 aromatic rings. The highest BCUT2D eigenvalue weighted by Crippen LogP contribution is 2.18. The Kier molecular flexibility index (Phi) is 3.87. The minimum Gasteiger partial charge on any atom is -0.384 e. The zero-order valence-corrected chi connectivity index (χ0v) is 11.3. The Morgan fingerprint density at radius 2 is 2.21 bits per heavy atom. The van der Waals surface area contributed by atoms with E-state index in [0.29, 0.717) is 10.8 Å². The Bertz CT molecular complexity index is 608. The van der Waals surface area contributed by atoms with E-state index in [2.05, 4.69) is 10.4 Å². The van der Waals surface area contributed by atoms with Crippen LogP contribution in [0, 0.1) is 6.92 Å². The Morgan fingerprint density at radius 1 is 1.47 bits per heavy atom. The summed E-state index contributed by atoms with van der Waals surface area (Å²) in [5.41, 5.74) is 1.66. The van der Waals surface area contributed by atoms with Crippen LogP contribution < -0.4 is 5.32 Å². The molecule has 0 aliphatic heterocycles. The van der Waals surface area contributed by atoms with Crippen LogP contribution in [-0.2, 0) is 4.79 Å². The molecular weight excluding hydrogens is 266 g/mol. The van der Waals surface area contributed by atoms with Gasteiger partial charge >= 0.3 is 0 Å². The molecule has 2 N–H and O–H groups in total. The molecule has 1 aromatic carbocycles. The second kappa shape index (κ2) is 5.42. The summed E-state index contributed by atoms with van der Waals surface area (Å²) in [4.78, 5) is 11.4. The second-order valence-electron chi connectivity index (χ2n) is 4.23.